The Kier molecular flexibility index (Phi) is 4.61. The van der Waals surface area contributed by atoms with Gasteiger partial charge in [-0.05, 0) is 24.3 Å². The number of carbonyl (C=O) groups excluding carboxylic acids is 1. The fraction of sp³-hybridized carbons (Fsp3) is 0.222. The van der Waals surface area contributed by atoms with Crippen molar-refractivity contribution in [2.75, 3.05) is 24.5 Å². The first kappa shape index (κ1) is 16.5. The highest BCUT2D eigenvalue weighted by Gasteiger charge is 2.29. The highest BCUT2D eigenvalue weighted by Crippen LogP contribution is 2.24. The quantitative estimate of drug-likeness (QED) is 0.904. The van der Waals surface area contributed by atoms with Gasteiger partial charge >= 0.3 is 12.0 Å². The van der Waals surface area contributed by atoms with Crippen molar-refractivity contribution in [3.05, 3.63) is 48.2 Å². The molecule has 1 aliphatic rings. The Balaban J connectivity index is 1.71. The zero-order valence-corrected chi connectivity index (χ0v) is 13.4. The number of hydrogen-bond donors (Lipinski definition) is 1. The summed E-state index contributed by atoms with van der Waals surface area (Å²) in [5, 5.41) is 17.5. The molecule has 1 aliphatic heterocycles. The fourth-order valence-electron chi connectivity index (χ4n) is 2.70. The molecule has 2 aromatic rings. The molecular weight excluding hydrogens is 320 g/mol. The Hall–Kier alpha value is -3.40. The van der Waals surface area contributed by atoms with Gasteiger partial charge in [-0.2, -0.15) is 5.26 Å². The number of carboxylic acid groups (broad SMARTS) is 1. The van der Waals surface area contributed by atoms with Gasteiger partial charge in [0.15, 0.2) is 0 Å². The largest absolute Gasteiger partial charge is 0.481 e. The van der Waals surface area contributed by atoms with E-state index in [4.69, 9.17) is 10.4 Å². The molecule has 0 unspecified atom stereocenters. The third-order valence-corrected chi connectivity index (χ3v) is 4.06. The number of nitrogens with zero attached hydrogens (tertiary/aromatic N) is 4. The average molecular weight is 336 g/mol. The number of hydrogen-bond acceptors (Lipinski definition) is 4. The number of nitriles is 1. The molecule has 3 rings (SSSR count). The molecule has 1 aromatic carbocycles. The maximum Gasteiger partial charge on any atom is 0.324 e. The molecule has 1 saturated heterocycles. The minimum absolute atomic E-state index is 0.0527. The first-order chi connectivity index (χ1) is 12.1. The number of benzene rings is 1. The number of amides is 2. The Morgan fingerprint density at radius 3 is 2.56 bits per heavy atom. The molecule has 2 amide bonds. The van der Waals surface area contributed by atoms with Gasteiger partial charge in [0.1, 0.15) is 6.07 Å². The summed E-state index contributed by atoms with van der Waals surface area (Å²) < 4.78 is 0. The summed E-state index contributed by atoms with van der Waals surface area (Å²) in [4.78, 5) is 30.4. The molecule has 126 valence electrons. The molecule has 0 bridgehead atoms. The number of pyridine rings is 1. The van der Waals surface area contributed by atoms with Crippen LogP contribution in [0.4, 0.5) is 10.5 Å². The van der Waals surface area contributed by atoms with Crippen LogP contribution in [0.2, 0.25) is 0 Å². The molecule has 1 aromatic heterocycles. The van der Waals surface area contributed by atoms with Gasteiger partial charge in [-0.25, -0.2) is 4.79 Å². The SMILES string of the molecule is N#Cc1ccc(-c2ccc(N3CCN(CCC(=O)O)C3=O)cc2)nc1. The van der Waals surface area contributed by atoms with Crippen molar-refractivity contribution in [3.8, 4) is 17.3 Å². The summed E-state index contributed by atoms with van der Waals surface area (Å²) >= 11 is 0. The van der Waals surface area contributed by atoms with Crippen molar-refractivity contribution in [3.63, 3.8) is 0 Å². The van der Waals surface area contributed by atoms with E-state index < -0.39 is 5.97 Å². The van der Waals surface area contributed by atoms with E-state index >= 15 is 0 Å². The lowest BCUT2D eigenvalue weighted by Crippen LogP contribution is -2.33. The number of aliphatic carboxylic acids is 1. The van der Waals surface area contributed by atoms with E-state index in [1.807, 2.05) is 30.3 Å². The van der Waals surface area contributed by atoms with Crippen LogP contribution < -0.4 is 4.90 Å². The number of urea groups is 1. The predicted molar refractivity (Wildman–Crippen MR) is 91.0 cm³/mol. The van der Waals surface area contributed by atoms with Crippen LogP contribution in [0, 0.1) is 11.3 Å². The molecule has 1 fully saturated rings. The van der Waals surface area contributed by atoms with Crippen molar-refractivity contribution < 1.29 is 14.7 Å². The number of carboxylic acids is 1. The molecule has 0 aliphatic carbocycles. The van der Waals surface area contributed by atoms with Crippen LogP contribution in [0.5, 0.6) is 0 Å². The van der Waals surface area contributed by atoms with Crippen molar-refractivity contribution >= 4 is 17.7 Å². The predicted octanol–water partition coefficient (Wildman–Crippen LogP) is 2.34. The van der Waals surface area contributed by atoms with Gasteiger partial charge < -0.3 is 10.0 Å². The molecule has 7 heteroatoms. The van der Waals surface area contributed by atoms with Gasteiger partial charge in [-0.15, -0.1) is 0 Å². The van der Waals surface area contributed by atoms with E-state index in [2.05, 4.69) is 4.98 Å². The van der Waals surface area contributed by atoms with Crippen LogP contribution in [0.1, 0.15) is 12.0 Å². The molecule has 7 nitrogen and oxygen atoms in total. The average Bonchev–Trinajstić information content (AvgIpc) is 3.01. The summed E-state index contributed by atoms with van der Waals surface area (Å²) in [5.41, 5.74) is 2.91. The lowest BCUT2D eigenvalue weighted by molar-refractivity contribution is -0.137. The number of anilines is 1. The number of aromatic nitrogens is 1. The van der Waals surface area contributed by atoms with E-state index in [9.17, 15) is 9.59 Å². The lowest BCUT2D eigenvalue weighted by Gasteiger charge is -2.18. The summed E-state index contributed by atoms with van der Waals surface area (Å²) in [6.45, 7) is 1.27. The highest BCUT2D eigenvalue weighted by molar-refractivity contribution is 5.94. The maximum atomic E-state index is 12.4. The molecule has 2 heterocycles. The van der Waals surface area contributed by atoms with Gasteiger partial charge in [0.05, 0.1) is 17.7 Å². The van der Waals surface area contributed by atoms with E-state index in [1.54, 1.807) is 21.9 Å². The second kappa shape index (κ2) is 7.01. The molecule has 0 radical (unpaired) electrons. The Morgan fingerprint density at radius 1 is 1.20 bits per heavy atom. The van der Waals surface area contributed by atoms with Gasteiger partial charge in [0.25, 0.3) is 0 Å². The Morgan fingerprint density at radius 2 is 1.96 bits per heavy atom. The topological polar surface area (TPSA) is 97.5 Å². The molecule has 0 atom stereocenters. The Labute approximate surface area is 144 Å². The normalized spacial score (nSPS) is 13.8. The monoisotopic (exact) mass is 336 g/mol. The zero-order chi connectivity index (χ0) is 17.8. The molecule has 1 N–H and O–H groups in total. The zero-order valence-electron chi connectivity index (χ0n) is 13.4. The number of carbonyl (C=O) groups is 2. The fourth-order valence-corrected chi connectivity index (χ4v) is 2.70. The van der Waals surface area contributed by atoms with Crippen LogP contribution >= 0.6 is 0 Å². The second-order valence-corrected chi connectivity index (χ2v) is 5.66. The van der Waals surface area contributed by atoms with Crippen LogP contribution in [-0.4, -0.2) is 46.6 Å². The smallest absolute Gasteiger partial charge is 0.324 e. The first-order valence-corrected chi connectivity index (χ1v) is 7.83. The third kappa shape index (κ3) is 3.58. The highest BCUT2D eigenvalue weighted by atomic mass is 16.4. The van der Waals surface area contributed by atoms with Crippen LogP contribution in [0.25, 0.3) is 11.3 Å². The summed E-state index contributed by atoms with van der Waals surface area (Å²) in [5.74, 6) is -0.912. The molecule has 25 heavy (non-hydrogen) atoms. The first-order valence-electron chi connectivity index (χ1n) is 7.83. The van der Waals surface area contributed by atoms with E-state index in [-0.39, 0.29) is 19.0 Å². The van der Waals surface area contributed by atoms with Crippen molar-refractivity contribution in [2.24, 2.45) is 0 Å². The Bertz CT molecular complexity index is 825. The van der Waals surface area contributed by atoms with E-state index in [0.29, 0.717) is 18.7 Å². The van der Waals surface area contributed by atoms with Crippen molar-refractivity contribution in [2.45, 2.75) is 6.42 Å². The van der Waals surface area contributed by atoms with E-state index in [0.717, 1.165) is 16.9 Å². The molecular formula is C18H16N4O3. The van der Waals surface area contributed by atoms with E-state index in [1.165, 1.54) is 6.20 Å². The van der Waals surface area contributed by atoms with Crippen molar-refractivity contribution in [1.82, 2.24) is 9.88 Å². The molecule has 0 spiro atoms. The van der Waals surface area contributed by atoms with Gasteiger partial charge in [0, 0.05) is 37.1 Å². The van der Waals surface area contributed by atoms with Gasteiger partial charge in [-0.3, -0.25) is 14.7 Å². The third-order valence-electron chi connectivity index (χ3n) is 4.06. The second-order valence-electron chi connectivity index (χ2n) is 5.66. The summed E-state index contributed by atoms with van der Waals surface area (Å²) in [6.07, 6.45) is 1.47. The van der Waals surface area contributed by atoms with Gasteiger partial charge in [0.2, 0.25) is 0 Å². The minimum Gasteiger partial charge on any atom is -0.481 e. The van der Waals surface area contributed by atoms with Gasteiger partial charge in [-0.1, -0.05) is 12.1 Å². The van der Waals surface area contributed by atoms with Crippen LogP contribution in [0.15, 0.2) is 42.6 Å². The van der Waals surface area contributed by atoms with Crippen LogP contribution in [0.3, 0.4) is 0 Å². The standard InChI is InChI=1S/C18H16N4O3/c19-11-13-1-6-16(20-12-13)14-2-4-15(5-3-14)22-10-9-21(18(22)25)8-7-17(23)24/h1-6,12H,7-10H2,(H,23,24). The maximum absolute atomic E-state index is 12.4. The number of rotatable bonds is 5. The van der Waals surface area contributed by atoms with Crippen molar-refractivity contribution in [1.29, 1.82) is 5.26 Å². The summed E-state index contributed by atoms with van der Waals surface area (Å²) in [7, 11) is 0. The lowest BCUT2D eigenvalue weighted by atomic mass is 10.1. The minimum atomic E-state index is -0.912. The summed E-state index contributed by atoms with van der Waals surface area (Å²) in [6, 6.07) is 12.8. The van der Waals surface area contributed by atoms with Crippen LogP contribution in [-0.2, 0) is 4.79 Å². The molecule has 0 saturated carbocycles.